The number of thioether (sulfide) groups is 1. The van der Waals surface area contributed by atoms with Gasteiger partial charge in [-0.05, 0) is 25.3 Å². The topological polar surface area (TPSA) is 46.5 Å². The predicted octanol–water partition coefficient (Wildman–Crippen LogP) is 2.47. The molecule has 0 amide bonds. The number of phenols is 1. The molecule has 0 unspecified atom stereocenters. The van der Waals surface area contributed by atoms with Crippen molar-refractivity contribution in [2.24, 2.45) is 0 Å². The lowest BCUT2D eigenvalue weighted by molar-refractivity contribution is 0.112. The first-order valence-corrected chi connectivity index (χ1v) is 6.05. The van der Waals surface area contributed by atoms with E-state index in [4.69, 9.17) is 4.74 Å². The first-order valence-electron chi connectivity index (χ1n) is 4.65. The van der Waals surface area contributed by atoms with Crippen molar-refractivity contribution in [2.75, 3.05) is 12.9 Å². The standard InChI is InChI=1S/C11H14O3S/c1-3-14-10-5-8(6-12)4-9(7-15-2)11(10)13/h4-6,13H,3,7H2,1-2H3. The minimum absolute atomic E-state index is 0.136. The van der Waals surface area contributed by atoms with E-state index in [0.717, 1.165) is 11.8 Å². The highest BCUT2D eigenvalue weighted by Gasteiger charge is 2.10. The van der Waals surface area contributed by atoms with Gasteiger partial charge in [-0.15, -0.1) is 0 Å². The van der Waals surface area contributed by atoms with Crippen molar-refractivity contribution in [2.45, 2.75) is 12.7 Å². The molecule has 0 aliphatic rings. The fraction of sp³-hybridized carbons (Fsp3) is 0.364. The molecule has 0 aromatic heterocycles. The number of benzene rings is 1. The van der Waals surface area contributed by atoms with Crippen molar-refractivity contribution in [3.05, 3.63) is 23.3 Å². The van der Waals surface area contributed by atoms with Crippen LogP contribution in [0.4, 0.5) is 0 Å². The van der Waals surface area contributed by atoms with Crippen LogP contribution in [0.2, 0.25) is 0 Å². The molecule has 1 rings (SSSR count). The summed E-state index contributed by atoms with van der Waals surface area (Å²) in [6, 6.07) is 3.23. The molecule has 3 nitrogen and oxygen atoms in total. The summed E-state index contributed by atoms with van der Waals surface area (Å²) in [4.78, 5) is 10.7. The van der Waals surface area contributed by atoms with Crippen LogP contribution in [0.3, 0.4) is 0 Å². The zero-order valence-electron chi connectivity index (χ0n) is 8.82. The minimum Gasteiger partial charge on any atom is -0.504 e. The normalized spacial score (nSPS) is 10.0. The Kier molecular flexibility index (Phi) is 4.49. The van der Waals surface area contributed by atoms with E-state index in [1.54, 1.807) is 23.9 Å². The second-order valence-corrected chi connectivity index (χ2v) is 3.88. The quantitative estimate of drug-likeness (QED) is 0.783. The summed E-state index contributed by atoms with van der Waals surface area (Å²) in [6.45, 7) is 2.30. The van der Waals surface area contributed by atoms with Crippen LogP contribution in [0.1, 0.15) is 22.8 Å². The molecule has 82 valence electrons. The number of aldehydes is 1. The fourth-order valence-corrected chi connectivity index (χ4v) is 1.82. The lowest BCUT2D eigenvalue weighted by Crippen LogP contribution is -1.96. The molecule has 1 aromatic rings. The molecule has 0 aliphatic carbocycles. The minimum atomic E-state index is 0.136. The summed E-state index contributed by atoms with van der Waals surface area (Å²) < 4.78 is 5.25. The van der Waals surface area contributed by atoms with Crippen LogP contribution in [0.25, 0.3) is 0 Å². The largest absolute Gasteiger partial charge is 0.504 e. The van der Waals surface area contributed by atoms with Gasteiger partial charge in [0.2, 0.25) is 0 Å². The highest BCUT2D eigenvalue weighted by molar-refractivity contribution is 7.97. The van der Waals surface area contributed by atoms with Crippen LogP contribution < -0.4 is 4.74 Å². The van der Waals surface area contributed by atoms with Crippen molar-refractivity contribution < 1.29 is 14.6 Å². The lowest BCUT2D eigenvalue weighted by atomic mass is 10.1. The average Bonchev–Trinajstić information content (AvgIpc) is 2.24. The first-order chi connectivity index (χ1) is 7.22. The van der Waals surface area contributed by atoms with Gasteiger partial charge < -0.3 is 9.84 Å². The van der Waals surface area contributed by atoms with Gasteiger partial charge in [0, 0.05) is 16.9 Å². The third-order valence-electron chi connectivity index (χ3n) is 1.91. The SMILES string of the molecule is CCOc1cc(C=O)cc(CSC)c1O. The van der Waals surface area contributed by atoms with Crippen molar-refractivity contribution in [3.8, 4) is 11.5 Å². The number of rotatable bonds is 5. The Morgan fingerprint density at radius 2 is 2.27 bits per heavy atom. The Balaban J connectivity index is 3.14. The zero-order chi connectivity index (χ0) is 11.3. The third-order valence-corrected chi connectivity index (χ3v) is 2.51. The van der Waals surface area contributed by atoms with Crippen molar-refractivity contribution >= 4 is 18.0 Å². The molecule has 0 heterocycles. The van der Waals surface area contributed by atoms with E-state index in [9.17, 15) is 9.90 Å². The van der Waals surface area contributed by atoms with Gasteiger partial charge in [-0.3, -0.25) is 4.79 Å². The number of hydrogen-bond donors (Lipinski definition) is 1. The van der Waals surface area contributed by atoms with Gasteiger partial charge in [-0.25, -0.2) is 0 Å². The van der Waals surface area contributed by atoms with Crippen molar-refractivity contribution in [1.29, 1.82) is 0 Å². The Hall–Kier alpha value is -1.16. The number of aromatic hydroxyl groups is 1. The molecule has 15 heavy (non-hydrogen) atoms. The molecule has 0 fully saturated rings. The molecule has 0 aliphatic heterocycles. The van der Waals surface area contributed by atoms with E-state index in [1.807, 2.05) is 13.2 Å². The number of carbonyl (C=O) groups is 1. The maximum absolute atomic E-state index is 10.7. The monoisotopic (exact) mass is 226 g/mol. The van der Waals surface area contributed by atoms with Crippen LogP contribution in [-0.4, -0.2) is 24.3 Å². The summed E-state index contributed by atoms with van der Waals surface area (Å²) in [5, 5.41) is 9.82. The molecule has 1 aromatic carbocycles. The summed E-state index contributed by atoms with van der Waals surface area (Å²) in [5.74, 6) is 1.18. The van der Waals surface area contributed by atoms with Crippen LogP contribution in [0, 0.1) is 0 Å². The smallest absolute Gasteiger partial charge is 0.161 e. The van der Waals surface area contributed by atoms with Crippen molar-refractivity contribution in [3.63, 3.8) is 0 Å². The zero-order valence-corrected chi connectivity index (χ0v) is 9.63. The molecule has 4 heteroatoms. The Bertz CT molecular complexity index is 323. The Morgan fingerprint density at radius 1 is 1.53 bits per heavy atom. The molecule has 0 saturated heterocycles. The maximum atomic E-state index is 10.7. The van der Waals surface area contributed by atoms with Gasteiger partial charge in [0.1, 0.15) is 6.29 Å². The third kappa shape index (κ3) is 2.89. The second kappa shape index (κ2) is 5.66. The predicted molar refractivity (Wildman–Crippen MR) is 61.9 cm³/mol. The number of ether oxygens (including phenoxy) is 1. The van der Waals surface area contributed by atoms with E-state index >= 15 is 0 Å². The second-order valence-electron chi connectivity index (χ2n) is 3.01. The fourth-order valence-electron chi connectivity index (χ4n) is 1.29. The first kappa shape index (κ1) is 11.9. The number of carbonyl (C=O) groups excluding carboxylic acids is 1. The molecule has 0 radical (unpaired) electrons. The molecule has 0 bridgehead atoms. The van der Waals surface area contributed by atoms with Gasteiger partial charge in [-0.2, -0.15) is 11.8 Å². The Labute approximate surface area is 93.4 Å². The molecule has 0 saturated carbocycles. The molecule has 0 spiro atoms. The lowest BCUT2D eigenvalue weighted by Gasteiger charge is -2.10. The van der Waals surface area contributed by atoms with E-state index in [1.165, 1.54) is 0 Å². The Morgan fingerprint density at radius 3 is 2.80 bits per heavy atom. The molecular formula is C11H14O3S. The average molecular weight is 226 g/mol. The van der Waals surface area contributed by atoms with E-state index in [0.29, 0.717) is 23.7 Å². The van der Waals surface area contributed by atoms with Crippen molar-refractivity contribution in [1.82, 2.24) is 0 Å². The summed E-state index contributed by atoms with van der Waals surface area (Å²) in [7, 11) is 0. The van der Waals surface area contributed by atoms with Crippen LogP contribution in [-0.2, 0) is 5.75 Å². The maximum Gasteiger partial charge on any atom is 0.161 e. The highest BCUT2D eigenvalue weighted by atomic mass is 32.2. The van der Waals surface area contributed by atoms with Gasteiger partial charge in [-0.1, -0.05) is 0 Å². The van der Waals surface area contributed by atoms with E-state index < -0.39 is 0 Å². The van der Waals surface area contributed by atoms with Gasteiger partial charge in [0.25, 0.3) is 0 Å². The highest BCUT2D eigenvalue weighted by Crippen LogP contribution is 2.33. The molecule has 1 N–H and O–H groups in total. The number of phenolic OH excluding ortho intramolecular Hbond substituents is 1. The van der Waals surface area contributed by atoms with Crippen LogP contribution in [0.15, 0.2) is 12.1 Å². The van der Waals surface area contributed by atoms with E-state index in [2.05, 4.69) is 0 Å². The molecule has 0 atom stereocenters. The summed E-state index contributed by atoms with van der Waals surface area (Å²) in [6.07, 6.45) is 2.69. The number of hydrogen-bond acceptors (Lipinski definition) is 4. The summed E-state index contributed by atoms with van der Waals surface area (Å²) >= 11 is 1.58. The molecular weight excluding hydrogens is 212 g/mol. The van der Waals surface area contributed by atoms with Crippen LogP contribution >= 0.6 is 11.8 Å². The summed E-state index contributed by atoms with van der Waals surface area (Å²) in [5.41, 5.74) is 1.26. The van der Waals surface area contributed by atoms with Gasteiger partial charge in [0.05, 0.1) is 6.61 Å². The van der Waals surface area contributed by atoms with Gasteiger partial charge in [0.15, 0.2) is 11.5 Å². The van der Waals surface area contributed by atoms with Crippen LogP contribution in [0.5, 0.6) is 11.5 Å². The van der Waals surface area contributed by atoms with E-state index in [-0.39, 0.29) is 5.75 Å². The van der Waals surface area contributed by atoms with Gasteiger partial charge >= 0.3 is 0 Å².